The molecule has 0 saturated carbocycles. The number of rotatable bonds is 4. The van der Waals surface area contributed by atoms with Gasteiger partial charge in [0.25, 0.3) is 5.91 Å². The Balaban J connectivity index is 1.79. The van der Waals surface area contributed by atoms with Crippen LogP contribution in [0.15, 0.2) is 18.2 Å². The van der Waals surface area contributed by atoms with Crippen LogP contribution in [0.2, 0.25) is 0 Å². The number of anilines is 2. The summed E-state index contributed by atoms with van der Waals surface area (Å²) >= 11 is 0. The minimum absolute atomic E-state index is 0.0615. The number of carbonyl (C=O) groups is 2. The number of amides is 2. The van der Waals surface area contributed by atoms with Crippen molar-refractivity contribution < 1.29 is 9.59 Å². The SMILES string of the molecule is Cc1ccc(NC(=O)C(C)C)cc1NC(=O)c1n[nH]c2c1CNCC2. The molecule has 2 aromatic rings. The van der Waals surface area contributed by atoms with Crippen LogP contribution in [0, 0.1) is 12.8 Å². The molecule has 25 heavy (non-hydrogen) atoms. The first-order valence-corrected chi connectivity index (χ1v) is 8.45. The zero-order valence-electron chi connectivity index (χ0n) is 14.7. The van der Waals surface area contributed by atoms with E-state index in [0.717, 1.165) is 29.8 Å². The molecule has 2 heterocycles. The minimum Gasteiger partial charge on any atom is -0.326 e. The molecule has 7 heteroatoms. The van der Waals surface area contributed by atoms with Crippen LogP contribution in [0.4, 0.5) is 11.4 Å². The van der Waals surface area contributed by atoms with Gasteiger partial charge in [-0.1, -0.05) is 19.9 Å². The molecule has 7 nitrogen and oxygen atoms in total. The standard InChI is InChI=1S/C18H23N5O2/c1-10(2)17(24)20-12-5-4-11(3)15(8-12)21-18(25)16-13-9-19-7-6-14(13)22-23-16/h4-5,8,10,19H,6-7,9H2,1-3H3,(H,20,24)(H,21,25)(H,22,23). The van der Waals surface area contributed by atoms with Crippen LogP contribution in [-0.4, -0.2) is 28.6 Å². The van der Waals surface area contributed by atoms with Gasteiger partial charge < -0.3 is 16.0 Å². The number of hydrogen-bond acceptors (Lipinski definition) is 4. The maximum atomic E-state index is 12.6. The molecule has 2 amide bonds. The molecule has 1 aromatic carbocycles. The highest BCUT2D eigenvalue weighted by Crippen LogP contribution is 2.23. The number of aromatic nitrogens is 2. The zero-order chi connectivity index (χ0) is 18.0. The van der Waals surface area contributed by atoms with E-state index >= 15 is 0 Å². The van der Waals surface area contributed by atoms with Gasteiger partial charge in [0, 0.05) is 48.1 Å². The highest BCUT2D eigenvalue weighted by atomic mass is 16.2. The second-order valence-electron chi connectivity index (χ2n) is 6.58. The first-order valence-electron chi connectivity index (χ1n) is 8.45. The molecule has 0 atom stereocenters. The molecule has 1 aromatic heterocycles. The highest BCUT2D eigenvalue weighted by Gasteiger charge is 2.22. The number of nitrogens with zero attached hydrogens (tertiary/aromatic N) is 1. The average molecular weight is 341 g/mol. The molecule has 0 fully saturated rings. The van der Waals surface area contributed by atoms with Gasteiger partial charge >= 0.3 is 0 Å². The Morgan fingerprint density at radius 3 is 2.80 bits per heavy atom. The normalized spacial score (nSPS) is 13.4. The quantitative estimate of drug-likeness (QED) is 0.685. The number of carbonyl (C=O) groups excluding carboxylic acids is 2. The maximum Gasteiger partial charge on any atom is 0.276 e. The van der Waals surface area contributed by atoms with Gasteiger partial charge in [-0.15, -0.1) is 0 Å². The molecule has 0 spiro atoms. The van der Waals surface area contributed by atoms with E-state index in [1.807, 2.05) is 32.9 Å². The first-order chi connectivity index (χ1) is 12.0. The molecule has 0 unspecified atom stereocenters. The van der Waals surface area contributed by atoms with E-state index in [9.17, 15) is 9.59 Å². The number of fused-ring (bicyclic) bond motifs is 1. The number of aryl methyl sites for hydroxylation is 1. The summed E-state index contributed by atoms with van der Waals surface area (Å²) in [4.78, 5) is 24.5. The molecular weight excluding hydrogens is 318 g/mol. The van der Waals surface area contributed by atoms with Gasteiger partial charge in [-0.3, -0.25) is 14.7 Å². The number of hydrogen-bond donors (Lipinski definition) is 4. The predicted octanol–water partition coefficient (Wildman–Crippen LogP) is 2.21. The van der Waals surface area contributed by atoms with Crippen molar-refractivity contribution in [2.45, 2.75) is 33.7 Å². The lowest BCUT2D eigenvalue weighted by Gasteiger charge is -2.14. The first kappa shape index (κ1) is 17.2. The summed E-state index contributed by atoms with van der Waals surface area (Å²) in [6, 6.07) is 5.46. The summed E-state index contributed by atoms with van der Waals surface area (Å²) in [5.41, 5.74) is 4.58. The van der Waals surface area contributed by atoms with Crippen molar-refractivity contribution in [2.24, 2.45) is 5.92 Å². The topological polar surface area (TPSA) is 98.9 Å². The van der Waals surface area contributed by atoms with Crippen LogP contribution >= 0.6 is 0 Å². The van der Waals surface area contributed by atoms with Crippen LogP contribution in [0.1, 0.15) is 41.2 Å². The van der Waals surface area contributed by atoms with Crippen LogP contribution in [0.5, 0.6) is 0 Å². The summed E-state index contributed by atoms with van der Waals surface area (Å²) in [7, 11) is 0. The maximum absolute atomic E-state index is 12.6. The van der Waals surface area contributed by atoms with Crippen molar-refractivity contribution in [1.29, 1.82) is 0 Å². The Morgan fingerprint density at radius 1 is 1.24 bits per heavy atom. The van der Waals surface area contributed by atoms with Crippen LogP contribution in [-0.2, 0) is 17.8 Å². The molecule has 1 aliphatic heterocycles. The number of benzene rings is 1. The smallest absolute Gasteiger partial charge is 0.276 e. The summed E-state index contributed by atoms with van der Waals surface area (Å²) in [5.74, 6) is -0.423. The van der Waals surface area contributed by atoms with Gasteiger partial charge in [-0.2, -0.15) is 5.10 Å². The Morgan fingerprint density at radius 2 is 2.04 bits per heavy atom. The van der Waals surface area contributed by atoms with Crippen molar-refractivity contribution in [3.05, 3.63) is 40.7 Å². The molecule has 0 radical (unpaired) electrons. The van der Waals surface area contributed by atoms with Crippen LogP contribution in [0.3, 0.4) is 0 Å². The lowest BCUT2D eigenvalue weighted by Crippen LogP contribution is -2.25. The van der Waals surface area contributed by atoms with E-state index in [1.54, 1.807) is 6.07 Å². The molecule has 4 N–H and O–H groups in total. The lowest BCUT2D eigenvalue weighted by atomic mass is 10.1. The van der Waals surface area contributed by atoms with Crippen molar-refractivity contribution in [3.8, 4) is 0 Å². The van der Waals surface area contributed by atoms with Gasteiger partial charge in [0.1, 0.15) is 0 Å². The van der Waals surface area contributed by atoms with Crippen LogP contribution < -0.4 is 16.0 Å². The second-order valence-corrected chi connectivity index (χ2v) is 6.58. The van der Waals surface area contributed by atoms with E-state index in [4.69, 9.17) is 0 Å². The van der Waals surface area contributed by atoms with Gasteiger partial charge in [-0.25, -0.2) is 0 Å². The number of aromatic amines is 1. The molecule has 0 bridgehead atoms. The molecule has 0 saturated heterocycles. The Bertz CT molecular complexity index is 810. The van der Waals surface area contributed by atoms with E-state index in [2.05, 4.69) is 26.1 Å². The summed E-state index contributed by atoms with van der Waals surface area (Å²) in [5, 5.41) is 16.1. The van der Waals surface area contributed by atoms with Crippen molar-refractivity contribution in [3.63, 3.8) is 0 Å². The summed E-state index contributed by atoms with van der Waals surface area (Å²) in [6.07, 6.45) is 0.839. The molecule has 0 aliphatic carbocycles. The summed E-state index contributed by atoms with van der Waals surface area (Å²) in [6.45, 7) is 7.10. The lowest BCUT2D eigenvalue weighted by molar-refractivity contribution is -0.118. The Labute approximate surface area is 146 Å². The second kappa shape index (κ2) is 7.06. The minimum atomic E-state index is -0.253. The number of nitrogens with one attached hydrogen (secondary N) is 4. The highest BCUT2D eigenvalue weighted by molar-refractivity contribution is 6.05. The van der Waals surface area contributed by atoms with Gasteiger partial charge in [0.15, 0.2) is 5.69 Å². The largest absolute Gasteiger partial charge is 0.326 e. The molecular formula is C18H23N5O2. The summed E-state index contributed by atoms with van der Waals surface area (Å²) < 4.78 is 0. The monoisotopic (exact) mass is 341 g/mol. The van der Waals surface area contributed by atoms with E-state index in [0.29, 0.717) is 23.6 Å². The molecule has 132 valence electrons. The van der Waals surface area contributed by atoms with E-state index in [-0.39, 0.29) is 17.7 Å². The molecule has 1 aliphatic rings. The molecule has 3 rings (SSSR count). The average Bonchev–Trinajstić information content (AvgIpc) is 3.02. The fraction of sp³-hybridized carbons (Fsp3) is 0.389. The van der Waals surface area contributed by atoms with E-state index < -0.39 is 0 Å². The Kier molecular flexibility index (Phi) is 4.85. The van der Waals surface area contributed by atoms with Gasteiger partial charge in [0.2, 0.25) is 5.91 Å². The van der Waals surface area contributed by atoms with Crippen LogP contribution in [0.25, 0.3) is 0 Å². The van der Waals surface area contributed by atoms with Crippen molar-refractivity contribution in [1.82, 2.24) is 15.5 Å². The Hall–Kier alpha value is -2.67. The van der Waals surface area contributed by atoms with Crippen molar-refractivity contribution >= 4 is 23.2 Å². The van der Waals surface area contributed by atoms with E-state index in [1.165, 1.54) is 0 Å². The number of H-pyrrole nitrogens is 1. The zero-order valence-corrected chi connectivity index (χ0v) is 14.7. The van der Waals surface area contributed by atoms with Gasteiger partial charge in [-0.05, 0) is 24.6 Å². The third kappa shape index (κ3) is 3.71. The fourth-order valence-corrected chi connectivity index (χ4v) is 2.72. The third-order valence-electron chi connectivity index (χ3n) is 4.30. The van der Waals surface area contributed by atoms with Crippen molar-refractivity contribution in [2.75, 3.05) is 17.2 Å². The van der Waals surface area contributed by atoms with Gasteiger partial charge in [0.05, 0.1) is 0 Å². The predicted molar refractivity (Wildman–Crippen MR) is 96.6 cm³/mol. The fourth-order valence-electron chi connectivity index (χ4n) is 2.72. The third-order valence-corrected chi connectivity index (χ3v) is 4.30.